The van der Waals surface area contributed by atoms with Gasteiger partial charge in [0.2, 0.25) is 0 Å². The first-order chi connectivity index (χ1) is 13.7. The van der Waals surface area contributed by atoms with Gasteiger partial charge < -0.3 is 5.32 Å². The topological polar surface area (TPSA) is 42.0 Å². The second-order valence-corrected chi connectivity index (χ2v) is 7.19. The average Bonchev–Trinajstić information content (AvgIpc) is 2.71. The third-order valence-electron chi connectivity index (χ3n) is 4.48. The van der Waals surface area contributed by atoms with Crippen molar-refractivity contribution in [3.8, 4) is 0 Å². The summed E-state index contributed by atoms with van der Waals surface area (Å²) in [5, 5.41) is 1.94. The van der Waals surface area contributed by atoms with Crippen LogP contribution in [0.25, 0.3) is 0 Å². The van der Waals surface area contributed by atoms with Crippen molar-refractivity contribution in [2.24, 2.45) is 0 Å². The Morgan fingerprint density at radius 3 is 2.45 bits per heavy atom. The fourth-order valence-corrected chi connectivity index (χ4v) is 3.61. The zero-order chi connectivity index (χ0) is 21.3. The molecule has 1 aliphatic rings. The van der Waals surface area contributed by atoms with E-state index in [-0.39, 0.29) is 35.6 Å². The zero-order valence-electron chi connectivity index (χ0n) is 14.3. The maximum Gasteiger partial charge on any atom is 0.251 e. The van der Waals surface area contributed by atoms with Crippen LogP contribution in [0.15, 0.2) is 34.9 Å². The lowest BCUT2D eigenvalue weighted by atomic mass is 9.84. The van der Waals surface area contributed by atoms with E-state index in [9.17, 15) is 26.2 Å². The summed E-state index contributed by atoms with van der Waals surface area (Å²) in [6.45, 7) is 0. The smallest absolute Gasteiger partial charge is 0.251 e. The predicted molar refractivity (Wildman–Crippen MR) is 95.8 cm³/mol. The molecule has 0 fully saturated rings. The number of hydrogen-bond donors (Lipinski definition) is 1. The fraction of sp³-hybridized carbons (Fsp3) is 0.222. The summed E-state index contributed by atoms with van der Waals surface area (Å²) in [5.74, 6) is -9.35. The van der Waals surface area contributed by atoms with E-state index in [0.29, 0.717) is 0 Å². The highest BCUT2D eigenvalue weighted by Crippen LogP contribution is 2.42. The first-order valence-electron chi connectivity index (χ1n) is 8.14. The van der Waals surface area contributed by atoms with Crippen molar-refractivity contribution in [1.29, 1.82) is 0 Å². The highest BCUT2D eigenvalue weighted by atomic mass is 35.5. The van der Waals surface area contributed by atoms with E-state index in [1.54, 1.807) is 0 Å². The van der Waals surface area contributed by atoms with Gasteiger partial charge in [0.15, 0.2) is 28.9 Å². The Kier molecular flexibility index (Phi) is 6.13. The summed E-state index contributed by atoms with van der Waals surface area (Å²) >= 11 is 5.07. The van der Waals surface area contributed by atoms with Gasteiger partial charge in [0, 0.05) is 18.2 Å². The van der Waals surface area contributed by atoms with Crippen LogP contribution in [0.2, 0.25) is 5.02 Å². The Balaban J connectivity index is 1.85. The van der Waals surface area contributed by atoms with E-state index in [1.165, 1.54) is 24.4 Å². The molecule has 29 heavy (non-hydrogen) atoms. The van der Waals surface area contributed by atoms with Gasteiger partial charge in [-0.3, -0.25) is 9.78 Å². The van der Waals surface area contributed by atoms with E-state index in [4.69, 9.17) is 11.6 Å². The Bertz CT molecular complexity index is 1020. The van der Waals surface area contributed by atoms with Crippen LogP contribution in [-0.4, -0.2) is 10.9 Å². The number of alkyl halides is 1. The summed E-state index contributed by atoms with van der Waals surface area (Å²) in [6, 6.07) is 3.00. The minimum atomic E-state index is -2.20. The normalized spacial score (nSPS) is 19.1. The molecule has 0 radical (unpaired) electrons. The molecule has 3 nitrogen and oxygen atoms in total. The van der Waals surface area contributed by atoms with Gasteiger partial charge >= 0.3 is 0 Å². The van der Waals surface area contributed by atoms with E-state index < -0.39 is 57.6 Å². The number of allylic oxidation sites excluding steroid dienone is 1. The molecule has 0 spiro atoms. The molecule has 0 bridgehead atoms. The summed E-state index contributed by atoms with van der Waals surface area (Å²) < 4.78 is 82.4. The zero-order valence-corrected chi connectivity index (χ0v) is 15.9. The van der Waals surface area contributed by atoms with E-state index in [0.717, 1.165) is 0 Å². The van der Waals surface area contributed by atoms with Gasteiger partial charge in [0.1, 0.15) is 4.90 Å². The molecule has 1 aromatic carbocycles. The molecule has 0 aliphatic heterocycles. The highest BCUT2D eigenvalue weighted by molar-refractivity contribution is 7.94. The van der Waals surface area contributed by atoms with Crippen LogP contribution in [0.4, 0.5) is 31.5 Å². The number of rotatable bonds is 4. The SMILES string of the molecule is O=C(Nc1c(F)c(F)c(F)c(F)c1SF)C1=CCC(F)(c2ncccc2Cl)CC1. The standard InChI is InChI=1S/C18H11ClF6N2OS/c19-9-2-1-7-26-16(9)18(24)5-3-8(4-6-18)17(28)27-14-12(22)10(20)11(21)13(23)15(14)29-25/h1-3,7H,4-6H2,(H,27,28). The van der Waals surface area contributed by atoms with Crippen molar-refractivity contribution in [3.63, 3.8) is 0 Å². The average molecular weight is 453 g/mol. The van der Waals surface area contributed by atoms with E-state index in [1.807, 2.05) is 5.32 Å². The molecule has 1 N–H and O–H groups in total. The summed E-state index contributed by atoms with van der Waals surface area (Å²) in [6.07, 6.45) is 1.96. The van der Waals surface area contributed by atoms with Gasteiger partial charge in [0.05, 0.1) is 28.6 Å². The molecule has 0 saturated heterocycles. The van der Waals surface area contributed by atoms with Crippen molar-refractivity contribution in [1.82, 2.24) is 4.98 Å². The third-order valence-corrected chi connectivity index (χ3v) is 5.32. The summed E-state index contributed by atoms with van der Waals surface area (Å²) in [5.41, 5.74) is -3.14. The first kappa shape index (κ1) is 21.5. The van der Waals surface area contributed by atoms with Crippen molar-refractivity contribution in [2.75, 3.05) is 5.32 Å². The Morgan fingerprint density at radius 1 is 1.17 bits per heavy atom. The molecule has 1 atom stereocenters. The summed E-state index contributed by atoms with van der Waals surface area (Å²) in [4.78, 5) is 15.0. The van der Waals surface area contributed by atoms with Crippen LogP contribution in [0.5, 0.6) is 0 Å². The first-order valence-corrected chi connectivity index (χ1v) is 9.24. The highest BCUT2D eigenvalue weighted by Gasteiger charge is 2.38. The van der Waals surface area contributed by atoms with Crippen molar-refractivity contribution in [3.05, 3.63) is 64.0 Å². The molecule has 3 rings (SSSR count). The number of nitrogens with zero attached hydrogens (tertiary/aromatic N) is 1. The van der Waals surface area contributed by atoms with Crippen LogP contribution >= 0.6 is 23.7 Å². The van der Waals surface area contributed by atoms with E-state index >= 15 is 4.39 Å². The monoisotopic (exact) mass is 452 g/mol. The van der Waals surface area contributed by atoms with Gasteiger partial charge in [-0.1, -0.05) is 17.7 Å². The number of benzene rings is 1. The molecule has 1 aromatic heterocycles. The molecule has 154 valence electrons. The van der Waals surface area contributed by atoms with Gasteiger partial charge in [-0.25, -0.2) is 22.0 Å². The third kappa shape index (κ3) is 3.95. The fourth-order valence-electron chi connectivity index (χ4n) is 2.95. The number of carbonyl (C=O) groups excluding carboxylic acids is 1. The van der Waals surface area contributed by atoms with Crippen LogP contribution in [0, 0.1) is 23.3 Å². The number of aromatic nitrogens is 1. The lowest BCUT2D eigenvalue weighted by Gasteiger charge is -2.28. The predicted octanol–water partition coefficient (Wildman–Crippen LogP) is 6.18. The molecule has 1 heterocycles. The molecule has 2 aromatic rings. The Morgan fingerprint density at radius 2 is 1.86 bits per heavy atom. The lowest BCUT2D eigenvalue weighted by molar-refractivity contribution is -0.113. The number of anilines is 1. The summed E-state index contributed by atoms with van der Waals surface area (Å²) in [7, 11) is 0. The second kappa shape index (κ2) is 8.27. The Hall–Kier alpha value is -2.20. The lowest BCUT2D eigenvalue weighted by Crippen LogP contribution is -2.28. The number of amides is 1. The molecular weight excluding hydrogens is 442 g/mol. The maximum absolute atomic E-state index is 15.2. The minimum absolute atomic E-state index is 0.00205. The van der Waals surface area contributed by atoms with Gasteiger partial charge in [-0.15, -0.1) is 0 Å². The van der Waals surface area contributed by atoms with Gasteiger partial charge in [-0.2, -0.15) is 3.89 Å². The maximum atomic E-state index is 15.2. The van der Waals surface area contributed by atoms with Crippen LogP contribution < -0.4 is 5.32 Å². The molecule has 1 amide bonds. The number of hydrogen-bond acceptors (Lipinski definition) is 3. The van der Waals surface area contributed by atoms with Crippen LogP contribution in [-0.2, 0) is 10.5 Å². The van der Waals surface area contributed by atoms with Gasteiger partial charge in [-0.05, 0) is 25.0 Å². The number of nitrogens with one attached hydrogen (secondary N) is 1. The minimum Gasteiger partial charge on any atom is -0.319 e. The largest absolute Gasteiger partial charge is 0.319 e. The quantitative estimate of drug-likeness (QED) is 0.342. The van der Waals surface area contributed by atoms with Crippen LogP contribution in [0.3, 0.4) is 0 Å². The second-order valence-electron chi connectivity index (χ2n) is 6.22. The molecule has 1 unspecified atom stereocenters. The Labute approximate surface area is 170 Å². The van der Waals surface area contributed by atoms with Crippen molar-refractivity contribution < 1.29 is 30.6 Å². The van der Waals surface area contributed by atoms with Crippen LogP contribution in [0.1, 0.15) is 25.0 Å². The number of pyridine rings is 1. The number of halogens is 7. The van der Waals surface area contributed by atoms with Crippen molar-refractivity contribution >= 4 is 35.3 Å². The van der Waals surface area contributed by atoms with E-state index in [2.05, 4.69) is 4.98 Å². The molecule has 11 heteroatoms. The van der Waals surface area contributed by atoms with Crippen molar-refractivity contribution in [2.45, 2.75) is 29.8 Å². The molecule has 1 aliphatic carbocycles. The van der Waals surface area contributed by atoms with Gasteiger partial charge in [0.25, 0.3) is 5.91 Å². The molecule has 0 saturated carbocycles. The number of carbonyl (C=O) groups is 1. The molecular formula is C18H11ClF6N2OS.